The van der Waals surface area contributed by atoms with Gasteiger partial charge in [-0.25, -0.2) is 4.68 Å². The number of nitrogens with zero attached hydrogens (tertiary/aromatic N) is 3. The van der Waals surface area contributed by atoms with Gasteiger partial charge in [-0.05, 0) is 25.0 Å². The Labute approximate surface area is 120 Å². The number of aromatic nitrogens is 2. The third kappa shape index (κ3) is 3.26. The van der Waals surface area contributed by atoms with Gasteiger partial charge in [-0.2, -0.15) is 5.10 Å². The fourth-order valence-electron chi connectivity index (χ4n) is 2.19. The summed E-state index contributed by atoms with van der Waals surface area (Å²) in [7, 11) is 0. The maximum atomic E-state index is 12.4. The molecule has 0 saturated heterocycles. The highest BCUT2D eigenvalue weighted by atomic mass is 16.2. The van der Waals surface area contributed by atoms with E-state index >= 15 is 0 Å². The van der Waals surface area contributed by atoms with Crippen molar-refractivity contribution in [2.24, 2.45) is 0 Å². The first-order valence-corrected chi connectivity index (χ1v) is 7.15. The van der Waals surface area contributed by atoms with Crippen LogP contribution in [-0.4, -0.2) is 33.7 Å². The average Bonchev–Trinajstić information content (AvgIpc) is 2.97. The van der Waals surface area contributed by atoms with E-state index in [1.54, 1.807) is 17.1 Å². The SMILES string of the molecule is CCCN(CCC)C(=O)c1cnn(-c2ccccc2)c1. The van der Waals surface area contributed by atoms with E-state index in [-0.39, 0.29) is 5.91 Å². The maximum absolute atomic E-state index is 12.4. The molecule has 0 saturated carbocycles. The fraction of sp³-hybridized carbons (Fsp3) is 0.375. The van der Waals surface area contributed by atoms with Gasteiger partial charge in [-0.3, -0.25) is 4.79 Å². The molecule has 2 rings (SSSR count). The standard InChI is InChI=1S/C16H21N3O/c1-3-10-18(11-4-2)16(20)14-12-17-19(13-14)15-8-6-5-7-9-15/h5-9,12-13H,3-4,10-11H2,1-2H3. The van der Waals surface area contributed by atoms with Crippen molar-refractivity contribution >= 4 is 5.91 Å². The maximum Gasteiger partial charge on any atom is 0.257 e. The number of hydrogen-bond acceptors (Lipinski definition) is 2. The number of rotatable bonds is 6. The molecule has 0 atom stereocenters. The zero-order valence-electron chi connectivity index (χ0n) is 12.1. The largest absolute Gasteiger partial charge is 0.339 e. The molecule has 0 fully saturated rings. The molecule has 1 heterocycles. The Bertz CT molecular complexity index is 542. The Morgan fingerprint density at radius 2 is 1.80 bits per heavy atom. The van der Waals surface area contributed by atoms with Crippen LogP contribution in [0.25, 0.3) is 5.69 Å². The molecular formula is C16H21N3O. The summed E-state index contributed by atoms with van der Waals surface area (Å²) in [6.07, 6.45) is 5.39. The quantitative estimate of drug-likeness (QED) is 0.809. The van der Waals surface area contributed by atoms with Gasteiger partial charge in [0.15, 0.2) is 0 Å². The number of hydrogen-bond donors (Lipinski definition) is 0. The van der Waals surface area contributed by atoms with E-state index in [1.165, 1.54) is 0 Å². The van der Waals surface area contributed by atoms with E-state index in [1.807, 2.05) is 35.2 Å². The molecule has 0 aliphatic carbocycles. The van der Waals surface area contributed by atoms with Crippen molar-refractivity contribution in [2.45, 2.75) is 26.7 Å². The molecule has 0 aliphatic heterocycles. The van der Waals surface area contributed by atoms with Gasteiger partial charge in [0, 0.05) is 19.3 Å². The van der Waals surface area contributed by atoms with Crippen molar-refractivity contribution in [2.75, 3.05) is 13.1 Å². The predicted molar refractivity (Wildman–Crippen MR) is 80.0 cm³/mol. The lowest BCUT2D eigenvalue weighted by Crippen LogP contribution is -2.32. The molecule has 4 nitrogen and oxygen atoms in total. The van der Waals surface area contributed by atoms with Gasteiger partial charge in [-0.15, -0.1) is 0 Å². The molecule has 20 heavy (non-hydrogen) atoms. The zero-order chi connectivity index (χ0) is 14.4. The number of amides is 1. The predicted octanol–water partition coefficient (Wildman–Crippen LogP) is 3.13. The van der Waals surface area contributed by atoms with Gasteiger partial charge in [0.2, 0.25) is 0 Å². The molecule has 0 spiro atoms. The third-order valence-electron chi connectivity index (χ3n) is 3.12. The van der Waals surface area contributed by atoms with E-state index in [9.17, 15) is 4.79 Å². The van der Waals surface area contributed by atoms with Crippen molar-refractivity contribution in [3.8, 4) is 5.69 Å². The molecule has 1 aromatic carbocycles. The van der Waals surface area contributed by atoms with E-state index in [2.05, 4.69) is 18.9 Å². The average molecular weight is 271 g/mol. The molecule has 4 heteroatoms. The molecule has 0 unspecified atom stereocenters. The minimum Gasteiger partial charge on any atom is -0.339 e. The van der Waals surface area contributed by atoms with E-state index in [4.69, 9.17) is 0 Å². The Kier molecular flexibility index (Phi) is 4.93. The first-order chi connectivity index (χ1) is 9.76. The normalized spacial score (nSPS) is 10.5. The highest BCUT2D eigenvalue weighted by Gasteiger charge is 2.16. The van der Waals surface area contributed by atoms with Crippen LogP contribution in [0.2, 0.25) is 0 Å². The Hall–Kier alpha value is -2.10. The van der Waals surface area contributed by atoms with Crippen LogP contribution < -0.4 is 0 Å². The molecule has 0 N–H and O–H groups in total. The Balaban J connectivity index is 2.17. The summed E-state index contributed by atoms with van der Waals surface area (Å²) in [4.78, 5) is 14.3. The summed E-state index contributed by atoms with van der Waals surface area (Å²) in [6.45, 7) is 5.76. The second kappa shape index (κ2) is 6.89. The molecule has 2 aromatic rings. The van der Waals surface area contributed by atoms with Crippen LogP contribution in [-0.2, 0) is 0 Å². The third-order valence-corrected chi connectivity index (χ3v) is 3.12. The van der Waals surface area contributed by atoms with Crippen molar-refractivity contribution < 1.29 is 4.79 Å². The van der Waals surface area contributed by atoms with Gasteiger partial charge >= 0.3 is 0 Å². The number of benzene rings is 1. The van der Waals surface area contributed by atoms with Gasteiger partial charge in [0.1, 0.15) is 0 Å². The summed E-state index contributed by atoms with van der Waals surface area (Å²) in [5.41, 5.74) is 1.61. The van der Waals surface area contributed by atoms with Crippen LogP contribution in [0.5, 0.6) is 0 Å². The summed E-state index contributed by atoms with van der Waals surface area (Å²) in [6, 6.07) is 9.81. The minimum absolute atomic E-state index is 0.0656. The molecule has 0 aliphatic rings. The number of carbonyl (C=O) groups excluding carboxylic acids is 1. The Morgan fingerprint density at radius 3 is 2.40 bits per heavy atom. The van der Waals surface area contributed by atoms with Crippen LogP contribution in [0.1, 0.15) is 37.0 Å². The Morgan fingerprint density at radius 1 is 1.15 bits per heavy atom. The van der Waals surface area contributed by atoms with Crippen LogP contribution >= 0.6 is 0 Å². The fourth-order valence-corrected chi connectivity index (χ4v) is 2.19. The lowest BCUT2D eigenvalue weighted by Gasteiger charge is -2.20. The van der Waals surface area contributed by atoms with Crippen LogP contribution in [0.3, 0.4) is 0 Å². The highest BCUT2D eigenvalue weighted by molar-refractivity contribution is 5.93. The molecule has 0 radical (unpaired) electrons. The summed E-state index contributed by atoms with van der Waals surface area (Å²) >= 11 is 0. The van der Waals surface area contributed by atoms with Crippen LogP contribution in [0.4, 0.5) is 0 Å². The van der Waals surface area contributed by atoms with Crippen molar-refractivity contribution in [3.05, 3.63) is 48.3 Å². The van der Waals surface area contributed by atoms with Gasteiger partial charge < -0.3 is 4.90 Å². The number of para-hydroxylation sites is 1. The van der Waals surface area contributed by atoms with Crippen LogP contribution in [0, 0.1) is 0 Å². The number of carbonyl (C=O) groups is 1. The summed E-state index contributed by atoms with van der Waals surface area (Å²) in [5, 5.41) is 4.28. The lowest BCUT2D eigenvalue weighted by atomic mass is 10.2. The topological polar surface area (TPSA) is 38.1 Å². The van der Waals surface area contributed by atoms with Gasteiger partial charge in [-0.1, -0.05) is 32.0 Å². The van der Waals surface area contributed by atoms with E-state index in [0.29, 0.717) is 5.56 Å². The molecule has 1 aromatic heterocycles. The summed E-state index contributed by atoms with van der Waals surface area (Å²) in [5.74, 6) is 0.0656. The second-order valence-electron chi connectivity index (χ2n) is 4.80. The van der Waals surface area contributed by atoms with Gasteiger partial charge in [0.05, 0.1) is 17.4 Å². The molecule has 1 amide bonds. The van der Waals surface area contributed by atoms with Crippen molar-refractivity contribution in [3.63, 3.8) is 0 Å². The van der Waals surface area contributed by atoms with Crippen molar-refractivity contribution in [1.29, 1.82) is 0 Å². The monoisotopic (exact) mass is 271 g/mol. The van der Waals surface area contributed by atoms with Crippen molar-refractivity contribution in [1.82, 2.24) is 14.7 Å². The van der Waals surface area contributed by atoms with Crippen LogP contribution in [0.15, 0.2) is 42.7 Å². The lowest BCUT2D eigenvalue weighted by molar-refractivity contribution is 0.0755. The smallest absolute Gasteiger partial charge is 0.257 e. The molecule has 106 valence electrons. The first kappa shape index (κ1) is 14.3. The zero-order valence-corrected chi connectivity index (χ0v) is 12.1. The first-order valence-electron chi connectivity index (χ1n) is 7.15. The second-order valence-corrected chi connectivity index (χ2v) is 4.80. The minimum atomic E-state index is 0.0656. The van der Waals surface area contributed by atoms with E-state index in [0.717, 1.165) is 31.6 Å². The van der Waals surface area contributed by atoms with E-state index < -0.39 is 0 Å². The highest BCUT2D eigenvalue weighted by Crippen LogP contribution is 2.10. The summed E-state index contributed by atoms with van der Waals surface area (Å²) < 4.78 is 1.74. The van der Waals surface area contributed by atoms with Gasteiger partial charge in [0.25, 0.3) is 5.91 Å². The molecule has 0 bridgehead atoms. The molecular weight excluding hydrogens is 250 g/mol.